The van der Waals surface area contributed by atoms with Crippen molar-refractivity contribution in [2.45, 2.75) is 117 Å². The molecule has 3 aromatic carbocycles. The standard InChI is InChI=1S/C53H62F2N12O6S/c1-33-47(74-32-62-33)35-19-17-34(18-20-35)27-59-51(72)43-26-38(68)30-67(43)52(73)48(53(2,3)4)63-46(70)16-7-5-6-15-45(69)57-22-10-24-66-44(64-65-49(66)42-21-23-56-31-61-42)29-58-37-12-8-11-36(25-37)50(71)60-28-39-40(54)13-9-14-41(39)55/h8-9,11-14,17-21,23,25,31-32,38,43,48,58,68H,5-7,10,15-16,22,24,26-30H2,1-4H3,(H,57,69)(H,59,72)(H,60,71)(H,63,70)/t38-,43?,48-/m1/s1. The van der Waals surface area contributed by atoms with E-state index in [0.29, 0.717) is 61.8 Å². The molecule has 1 aliphatic heterocycles. The van der Waals surface area contributed by atoms with Crippen LogP contribution >= 0.6 is 11.3 Å². The molecule has 1 fully saturated rings. The lowest BCUT2D eigenvalue weighted by molar-refractivity contribution is -0.144. The number of likely N-dealkylation sites (tertiary alicyclic amines) is 1. The van der Waals surface area contributed by atoms with E-state index in [0.717, 1.165) is 33.8 Å². The Balaban J connectivity index is 0.832. The molecule has 6 N–H and O–H groups in total. The Kier molecular flexibility index (Phi) is 18.6. The van der Waals surface area contributed by atoms with Crippen LogP contribution in [0.4, 0.5) is 14.5 Å². The molecule has 1 saturated heterocycles. The first-order valence-electron chi connectivity index (χ1n) is 24.6. The predicted octanol–water partition coefficient (Wildman–Crippen LogP) is 6.25. The van der Waals surface area contributed by atoms with Crippen molar-refractivity contribution in [3.05, 3.63) is 131 Å². The van der Waals surface area contributed by atoms with Crippen molar-refractivity contribution in [3.63, 3.8) is 0 Å². The quantitative estimate of drug-likeness (QED) is 0.0391. The van der Waals surface area contributed by atoms with Crippen LogP contribution in [0.5, 0.6) is 0 Å². The van der Waals surface area contributed by atoms with E-state index in [1.165, 1.54) is 17.3 Å². The number of benzene rings is 3. The molecule has 0 saturated carbocycles. The molecule has 7 rings (SSSR count). The normalized spacial score (nSPS) is 14.8. The first kappa shape index (κ1) is 54.3. The molecule has 3 atom stereocenters. The highest BCUT2D eigenvalue weighted by Gasteiger charge is 2.44. The topological polar surface area (TPSA) is 238 Å². The molecule has 6 aromatic rings. The number of hydrogen-bond acceptors (Lipinski definition) is 13. The second-order valence-corrected chi connectivity index (χ2v) is 20.1. The van der Waals surface area contributed by atoms with Gasteiger partial charge in [-0.3, -0.25) is 24.0 Å². The number of halogens is 2. The van der Waals surface area contributed by atoms with Crippen LogP contribution in [0.25, 0.3) is 22.0 Å². The molecule has 5 amide bonds. The minimum atomic E-state index is -0.946. The van der Waals surface area contributed by atoms with Crippen molar-refractivity contribution >= 4 is 46.6 Å². The van der Waals surface area contributed by atoms with Crippen LogP contribution in [0.2, 0.25) is 0 Å². The Bertz CT molecular complexity index is 2870. The lowest BCUT2D eigenvalue weighted by Gasteiger charge is -2.35. The Labute approximate surface area is 432 Å². The SMILES string of the molecule is Cc1ncsc1-c1ccc(CNC(=O)C2C[C@@H](O)CN2C(=O)[C@@H](NC(=O)CCCCCC(=O)NCCCn2c(CNc3cccc(C(=O)NCc4c(F)cccc4F)c3)nnc2-c2ccncn2)C(C)(C)C)cc1. The molecule has 0 aliphatic carbocycles. The van der Waals surface area contributed by atoms with E-state index < -0.39 is 47.1 Å². The summed E-state index contributed by atoms with van der Waals surface area (Å²) in [6.07, 6.45) is 4.78. The number of hydrogen-bond donors (Lipinski definition) is 6. The number of nitrogens with zero attached hydrogens (tertiary/aromatic N) is 7. The number of aliphatic hydroxyl groups excluding tert-OH is 1. The number of rotatable bonds is 23. The van der Waals surface area contributed by atoms with Crippen LogP contribution < -0.4 is 26.6 Å². The third-order valence-electron chi connectivity index (χ3n) is 12.6. The van der Waals surface area contributed by atoms with Crippen LogP contribution in [0.1, 0.15) is 98.7 Å². The Morgan fingerprint density at radius 1 is 0.838 bits per heavy atom. The number of aromatic nitrogens is 6. The van der Waals surface area contributed by atoms with Gasteiger partial charge in [0.2, 0.25) is 23.6 Å². The maximum absolute atomic E-state index is 14.1. The van der Waals surface area contributed by atoms with Crippen molar-refractivity contribution in [2.75, 3.05) is 18.4 Å². The average molecular weight is 1030 g/mol. The number of aliphatic hydroxyl groups is 1. The highest BCUT2D eigenvalue weighted by Crippen LogP contribution is 2.29. The number of carbonyl (C=O) groups is 5. The van der Waals surface area contributed by atoms with Gasteiger partial charge in [0.15, 0.2) is 11.6 Å². The second kappa shape index (κ2) is 25.4. The summed E-state index contributed by atoms with van der Waals surface area (Å²) < 4.78 is 30.1. The van der Waals surface area contributed by atoms with Crippen molar-refractivity contribution in [3.8, 4) is 22.0 Å². The van der Waals surface area contributed by atoms with Gasteiger partial charge in [0.05, 0.1) is 28.7 Å². The number of amides is 5. The Morgan fingerprint density at radius 3 is 2.28 bits per heavy atom. The van der Waals surface area contributed by atoms with E-state index in [2.05, 4.69) is 51.7 Å². The molecule has 0 spiro atoms. The zero-order valence-electron chi connectivity index (χ0n) is 41.9. The zero-order valence-corrected chi connectivity index (χ0v) is 42.7. The van der Waals surface area contributed by atoms with Crippen LogP contribution in [-0.4, -0.2) is 101 Å². The van der Waals surface area contributed by atoms with Gasteiger partial charge in [0.1, 0.15) is 35.7 Å². The largest absolute Gasteiger partial charge is 0.391 e. The third-order valence-corrected chi connectivity index (χ3v) is 13.6. The molecule has 390 valence electrons. The van der Waals surface area contributed by atoms with E-state index in [4.69, 9.17) is 0 Å². The molecular formula is C53H62F2N12O6S. The molecule has 1 unspecified atom stereocenters. The van der Waals surface area contributed by atoms with Crippen LogP contribution in [0.3, 0.4) is 0 Å². The summed E-state index contributed by atoms with van der Waals surface area (Å²) in [6.45, 7) is 8.39. The number of aryl methyl sites for hydroxylation is 1. The highest BCUT2D eigenvalue weighted by atomic mass is 32.1. The van der Waals surface area contributed by atoms with E-state index in [9.17, 15) is 37.9 Å². The summed E-state index contributed by atoms with van der Waals surface area (Å²) in [4.78, 5) is 81.7. The molecule has 0 radical (unpaired) electrons. The number of unbranched alkanes of at least 4 members (excludes halogenated alkanes) is 2. The van der Waals surface area contributed by atoms with Gasteiger partial charge in [0.25, 0.3) is 5.91 Å². The van der Waals surface area contributed by atoms with E-state index in [1.807, 2.05) is 56.5 Å². The zero-order chi connectivity index (χ0) is 52.8. The fraction of sp³-hybridized carbons (Fsp3) is 0.396. The van der Waals surface area contributed by atoms with E-state index >= 15 is 0 Å². The lowest BCUT2D eigenvalue weighted by Crippen LogP contribution is -2.57. The fourth-order valence-corrected chi connectivity index (χ4v) is 9.36. The maximum Gasteiger partial charge on any atom is 0.251 e. The van der Waals surface area contributed by atoms with Gasteiger partial charge < -0.3 is 41.2 Å². The molecular weight excluding hydrogens is 971 g/mol. The predicted molar refractivity (Wildman–Crippen MR) is 275 cm³/mol. The molecule has 4 heterocycles. The summed E-state index contributed by atoms with van der Waals surface area (Å²) in [6, 6.07) is 17.9. The molecule has 21 heteroatoms. The van der Waals surface area contributed by atoms with Crippen molar-refractivity contribution < 1.29 is 37.9 Å². The Morgan fingerprint density at radius 2 is 1.58 bits per heavy atom. The van der Waals surface area contributed by atoms with Crippen LogP contribution in [0, 0.1) is 24.0 Å². The lowest BCUT2D eigenvalue weighted by atomic mass is 9.85. The van der Waals surface area contributed by atoms with Crippen molar-refractivity contribution in [2.24, 2.45) is 5.41 Å². The second-order valence-electron chi connectivity index (χ2n) is 19.2. The van der Waals surface area contributed by atoms with Gasteiger partial charge in [-0.25, -0.2) is 23.7 Å². The summed E-state index contributed by atoms with van der Waals surface area (Å²) in [5.41, 5.74) is 5.18. The minimum absolute atomic E-state index is 0.0254. The van der Waals surface area contributed by atoms with Crippen molar-refractivity contribution in [1.29, 1.82) is 0 Å². The summed E-state index contributed by atoms with van der Waals surface area (Å²) in [7, 11) is 0. The molecule has 0 bridgehead atoms. The first-order chi connectivity index (χ1) is 35.5. The molecule has 1 aliphatic rings. The molecule has 3 aromatic heterocycles. The summed E-state index contributed by atoms with van der Waals surface area (Å²) in [5.74, 6) is -2.20. The smallest absolute Gasteiger partial charge is 0.251 e. The van der Waals surface area contributed by atoms with Gasteiger partial charge in [-0.05, 0) is 79.1 Å². The van der Waals surface area contributed by atoms with Gasteiger partial charge in [-0.15, -0.1) is 21.5 Å². The molecule has 18 nitrogen and oxygen atoms in total. The van der Waals surface area contributed by atoms with E-state index in [1.54, 1.807) is 53.4 Å². The van der Waals surface area contributed by atoms with Gasteiger partial charge in [-0.2, -0.15) is 0 Å². The fourth-order valence-electron chi connectivity index (χ4n) is 8.55. The van der Waals surface area contributed by atoms with Gasteiger partial charge in [0, 0.05) is 75.0 Å². The molecule has 74 heavy (non-hydrogen) atoms. The summed E-state index contributed by atoms with van der Waals surface area (Å²) >= 11 is 1.56. The Hall–Kier alpha value is -7.52. The number of β-amino-alcohol motifs (C(OH)–C–C–N with tert-alkyl or cyclic N) is 1. The third kappa shape index (κ3) is 14.6. The number of nitrogens with one attached hydrogen (secondary N) is 5. The number of anilines is 1. The van der Waals surface area contributed by atoms with Crippen LogP contribution in [-0.2, 0) is 45.4 Å². The van der Waals surface area contributed by atoms with Gasteiger partial charge >= 0.3 is 0 Å². The number of thiazole rings is 1. The first-order valence-corrected chi connectivity index (χ1v) is 25.5. The van der Waals surface area contributed by atoms with Crippen LogP contribution in [0.15, 0.2) is 90.8 Å². The monoisotopic (exact) mass is 1030 g/mol. The number of carbonyl (C=O) groups excluding carboxylic acids is 5. The van der Waals surface area contributed by atoms with Crippen molar-refractivity contribution in [1.82, 2.24) is 55.9 Å². The van der Waals surface area contributed by atoms with Gasteiger partial charge in [-0.1, -0.05) is 63.6 Å². The highest BCUT2D eigenvalue weighted by molar-refractivity contribution is 7.13. The summed E-state index contributed by atoms with van der Waals surface area (Å²) in [5, 5.41) is 34.0. The minimum Gasteiger partial charge on any atom is -0.391 e. The maximum atomic E-state index is 14.1. The average Bonchev–Trinajstić information content (AvgIpc) is 4.13. The van der Waals surface area contributed by atoms with E-state index in [-0.39, 0.29) is 74.3 Å².